The molecule has 17 heavy (non-hydrogen) atoms. The molecule has 0 aliphatic carbocycles. The van der Waals surface area contributed by atoms with Gasteiger partial charge >= 0.3 is 5.97 Å². The van der Waals surface area contributed by atoms with Gasteiger partial charge in [-0.25, -0.2) is 4.79 Å². The van der Waals surface area contributed by atoms with E-state index < -0.39 is 5.97 Å². The highest BCUT2D eigenvalue weighted by atomic mass is 16.5. The molecule has 0 saturated heterocycles. The Bertz CT molecular complexity index is 565. The summed E-state index contributed by atoms with van der Waals surface area (Å²) < 4.78 is 5.12. The average molecular weight is 231 g/mol. The zero-order chi connectivity index (χ0) is 12.6. The van der Waals surface area contributed by atoms with E-state index in [-0.39, 0.29) is 5.56 Å². The number of rotatable bonds is 2. The number of carboxylic acid groups (broad SMARTS) is 1. The van der Waals surface area contributed by atoms with Crippen LogP contribution in [0.4, 0.5) is 0 Å². The number of nitrogens with zero attached hydrogens (tertiary/aromatic N) is 1. The number of hydrogen-bond acceptors (Lipinski definition) is 3. The van der Waals surface area contributed by atoms with Crippen molar-refractivity contribution in [2.45, 2.75) is 20.8 Å². The number of benzene rings is 1. The van der Waals surface area contributed by atoms with E-state index in [1.807, 2.05) is 20.8 Å². The molecule has 1 aromatic carbocycles. The minimum Gasteiger partial charge on any atom is -0.478 e. The van der Waals surface area contributed by atoms with E-state index in [9.17, 15) is 4.79 Å². The van der Waals surface area contributed by atoms with Gasteiger partial charge in [0, 0.05) is 5.56 Å². The molecule has 0 bridgehead atoms. The second kappa shape index (κ2) is 4.05. The number of aromatic carboxylic acids is 1. The number of hydrogen-bond donors (Lipinski definition) is 1. The standard InChI is InChI=1S/C13H13NO3/c1-7-6-10(13(15)16)4-5-11(7)12-8(2)14-17-9(12)3/h4-6H,1-3H3,(H,15,16). The number of aromatic nitrogens is 1. The lowest BCUT2D eigenvalue weighted by Crippen LogP contribution is -1.97. The Hall–Kier alpha value is -2.10. The zero-order valence-corrected chi connectivity index (χ0v) is 9.94. The predicted octanol–water partition coefficient (Wildman–Crippen LogP) is 2.97. The lowest BCUT2D eigenvalue weighted by atomic mass is 9.97. The van der Waals surface area contributed by atoms with Crippen LogP contribution in [0.5, 0.6) is 0 Å². The molecule has 0 amide bonds. The van der Waals surface area contributed by atoms with Gasteiger partial charge in [-0.3, -0.25) is 0 Å². The molecule has 0 fully saturated rings. The lowest BCUT2D eigenvalue weighted by Gasteiger charge is -2.06. The van der Waals surface area contributed by atoms with E-state index in [2.05, 4.69) is 5.16 Å². The fourth-order valence-corrected chi connectivity index (χ4v) is 1.94. The van der Waals surface area contributed by atoms with Crippen molar-refractivity contribution in [3.8, 4) is 11.1 Å². The quantitative estimate of drug-likeness (QED) is 0.863. The summed E-state index contributed by atoms with van der Waals surface area (Å²) in [5.41, 5.74) is 3.91. The number of aryl methyl sites for hydroxylation is 3. The molecule has 1 heterocycles. The molecule has 0 saturated carbocycles. The van der Waals surface area contributed by atoms with Gasteiger partial charge in [0.2, 0.25) is 0 Å². The van der Waals surface area contributed by atoms with Crippen LogP contribution < -0.4 is 0 Å². The summed E-state index contributed by atoms with van der Waals surface area (Å²) in [4.78, 5) is 10.9. The Morgan fingerprint density at radius 3 is 2.47 bits per heavy atom. The molecule has 4 nitrogen and oxygen atoms in total. The molecular formula is C13H13NO3. The summed E-state index contributed by atoms with van der Waals surface area (Å²) in [6.45, 7) is 5.60. The second-order valence-corrected chi connectivity index (χ2v) is 4.03. The van der Waals surface area contributed by atoms with Crippen LogP contribution in [0.2, 0.25) is 0 Å². The van der Waals surface area contributed by atoms with Crippen molar-refractivity contribution < 1.29 is 14.4 Å². The Morgan fingerprint density at radius 1 is 1.29 bits per heavy atom. The highest BCUT2D eigenvalue weighted by Crippen LogP contribution is 2.29. The molecule has 0 aliphatic heterocycles. The van der Waals surface area contributed by atoms with Crippen molar-refractivity contribution in [1.82, 2.24) is 5.16 Å². The van der Waals surface area contributed by atoms with E-state index in [4.69, 9.17) is 9.63 Å². The van der Waals surface area contributed by atoms with Gasteiger partial charge in [0.1, 0.15) is 5.76 Å². The molecule has 4 heteroatoms. The molecule has 0 atom stereocenters. The Morgan fingerprint density at radius 2 is 2.00 bits per heavy atom. The summed E-state index contributed by atoms with van der Waals surface area (Å²) in [5, 5.41) is 12.8. The largest absolute Gasteiger partial charge is 0.478 e. The molecule has 1 N–H and O–H groups in total. The molecule has 0 spiro atoms. The van der Waals surface area contributed by atoms with E-state index >= 15 is 0 Å². The summed E-state index contributed by atoms with van der Waals surface area (Å²) in [6.07, 6.45) is 0. The maximum absolute atomic E-state index is 10.9. The third-order valence-corrected chi connectivity index (χ3v) is 2.78. The fraction of sp³-hybridized carbons (Fsp3) is 0.231. The van der Waals surface area contributed by atoms with Crippen LogP contribution >= 0.6 is 0 Å². The maximum atomic E-state index is 10.9. The Balaban J connectivity index is 2.58. The summed E-state index contributed by atoms with van der Waals surface area (Å²) in [6, 6.07) is 5.05. The van der Waals surface area contributed by atoms with E-state index in [1.165, 1.54) is 0 Å². The highest BCUT2D eigenvalue weighted by Gasteiger charge is 2.14. The Kier molecular flexibility index (Phi) is 2.71. The number of carbonyl (C=O) groups is 1. The first-order valence-electron chi connectivity index (χ1n) is 5.28. The van der Waals surface area contributed by atoms with Crippen LogP contribution in [0, 0.1) is 20.8 Å². The van der Waals surface area contributed by atoms with Gasteiger partial charge < -0.3 is 9.63 Å². The van der Waals surface area contributed by atoms with E-state index in [0.717, 1.165) is 28.1 Å². The molecule has 2 rings (SSSR count). The number of carboxylic acids is 1. The van der Waals surface area contributed by atoms with Gasteiger partial charge in [-0.05, 0) is 44.0 Å². The minimum absolute atomic E-state index is 0.290. The molecule has 2 aromatic rings. The van der Waals surface area contributed by atoms with Crippen LogP contribution in [-0.4, -0.2) is 16.2 Å². The SMILES string of the molecule is Cc1cc(C(=O)O)ccc1-c1c(C)noc1C. The van der Waals surface area contributed by atoms with Crippen molar-refractivity contribution in [3.05, 3.63) is 40.8 Å². The third-order valence-electron chi connectivity index (χ3n) is 2.78. The minimum atomic E-state index is -0.918. The van der Waals surface area contributed by atoms with Crippen LogP contribution in [0.3, 0.4) is 0 Å². The zero-order valence-electron chi connectivity index (χ0n) is 9.94. The van der Waals surface area contributed by atoms with Gasteiger partial charge in [-0.15, -0.1) is 0 Å². The summed E-state index contributed by atoms with van der Waals surface area (Å²) >= 11 is 0. The van der Waals surface area contributed by atoms with E-state index in [0.29, 0.717) is 0 Å². The second-order valence-electron chi connectivity index (χ2n) is 4.03. The van der Waals surface area contributed by atoms with Crippen molar-refractivity contribution in [3.63, 3.8) is 0 Å². The summed E-state index contributed by atoms with van der Waals surface area (Å²) in [5.74, 6) is -0.174. The van der Waals surface area contributed by atoms with Gasteiger partial charge in [0.25, 0.3) is 0 Å². The first kappa shape index (κ1) is 11.4. The van der Waals surface area contributed by atoms with Gasteiger partial charge in [0.15, 0.2) is 0 Å². The topological polar surface area (TPSA) is 63.3 Å². The van der Waals surface area contributed by atoms with Crippen LogP contribution in [0.1, 0.15) is 27.4 Å². The van der Waals surface area contributed by atoms with Crippen molar-refractivity contribution >= 4 is 5.97 Å². The average Bonchev–Trinajstić information content (AvgIpc) is 2.59. The lowest BCUT2D eigenvalue weighted by molar-refractivity contribution is 0.0697. The molecule has 1 aromatic heterocycles. The molecule has 0 aliphatic rings. The molecule has 0 unspecified atom stereocenters. The van der Waals surface area contributed by atoms with Crippen molar-refractivity contribution in [2.75, 3.05) is 0 Å². The molecular weight excluding hydrogens is 218 g/mol. The normalized spacial score (nSPS) is 10.5. The molecule has 88 valence electrons. The third kappa shape index (κ3) is 1.93. The first-order valence-corrected chi connectivity index (χ1v) is 5.28. The van der Waals surface area contributed by atoms with Crippen molar-refractivity contribution in [2.24, 2.45) is 0 Å². The van der Waals surface area contributed by atoms with E-state index in [1.54, 1.807) is 18.2 Å². The first-order chi connectivity index (χ1) is 8.00. The Labute approximate surface area is 98.9 Å². The maximum Gasteiger partial charge on any atom is 0.335 e. The predicted molar refractivity (Wildman–Crippen MR) is 63.1 cm³/mol. The summed E-state index contributed by atoms with van der Waals surface area (Å²) in [7, 11) is 0. The smallest absolute Gasteiger partial charge is 0.335 e. The van der Waals surface area contributed by atoms with Crippen LogP contribution in [0.15, 0.2) is 22.7 Å². The van der Waals surface area contributed by atoms with Gasteiger partial charge in [-0.2, -0.15) is 0 Å². The molecule has 0 radical (unpaired) electrons. The fourth-order valence-electron chi connectivity index (χ4n) is 1.94. The van der Waals surface area contributed by atoms with Gasteiger partial charge in [0.05, 0.1) is 11.3 Å². The van der Waals surface area contributed by atoms with Crippen molar-refractivity contribution in [1.29, 1.82) is 0 Å². The van der Waals surface area contributed by atoms with Crippen LogP contribution in [0.25, 0.3) is 11.1 Å². The highest BCUT2D eigenvalue weighted by molar-refractivity contribution is 5.89. The monoisotopic (exact) mass is 231 g/mol. The van der Waals surface area contributed by atoms with Crippen LogP contribution in [-0.2, 0) is 0 Å². The van der Waals surface area contributed by atoms with Gasteiger partial charge in [-0.1, -0.05) is 11.2 Å².